The van der Waals surface area contributed by atoms with E-state index in [0.717, 1.165) is 88.3 Å². The summed E-state index contributed by atoms with van der Waals surface area (Å²) < 4.78 is 24.5. The van der Waals surface area contributed by atoms with Gasteiger partial charge in [-0.15, -0.1) is 10.2 Å². The number of anilines is 2. The first-order valence-corrected chi connectivity index (χ1v) is 16.2. The maximum atomic E-state index is 12.9. The van der Waals surface area contributed by atoms with Crippen LogP contribution in [0.4, 0.5) is 15.9 Å². The molecule has 1 amide bonds. The van der Waals surface area contributed by atoms with Crippen LogP contribution in [0.1, 0.15) is 73.8 Å². The van der Waals surface area contributed by atoms with Gasteiger partial charge in [-0.3, -0.25) is 9.18 Å². The molecular formula is C34H40ClFN6O3. The van der Waals surface area contributed by atoms with Gasteiger partial charge < -0.3 is 25.0 Å². The Morgan fingerprint density at radius 2 is 1.62 bits per heavy atom. The average molecular weight is 635 g/mol. The molecule has 45 heavy (non-hydrogen) atoms. The maximum absolute atomic E-state index is 12.9. The first-order valence-electron chi connectivity index (χ1n) is 15.8. The Morgan fingerprint density at radius 1 is 0.911 bits per heavy atom. The van der Waals surface area contributed by atoms with Crippen molar-refractivity contribution in [1.29, 1.82) is 5.26 Å². The number of hydrogen-bond donors (Lipinski definition) is 2. The third kappa shape index (κ3) is 9.44. The van der Waals surface area contributed by atoms with Crippen molar-refractivity contribution in [3.63, 3.8) is 0 Å². The third-order valence-electron chi connectivity index (χ3n) is 8.32. The zero-order valence-corrected chi connectivity index (χ0v) is 26.1. The number of halogens is 2. The highest BCUT2D eigenvalue weighted by atomic mass is 35.5. The highest BCUT2D eigenvalue weighted by molar-refractivity contribution is 6.31. The molecular weight excluding hydrogens is 595 g/mol. The maximum Gasteiger partial charge on any atom is 0.272 e. The molecule has 0 radical (unpaired) electrons. The summed E-state index contributed by atoms with van der Waals surface area (Å²) in [7, 11) is 0. The first kappa shape index (κ1) is 32.3. The van der Waals surface area contributed by atoms with Crippen molar-refractivity contribution in [2.24, 2.45) is 0 Å². The summed E-state index contributed by atoms with van der Waals surface area (Å²) in [5, 5.41) is 24.5. The average Bonchev–Trinajstić information content (AvgIpc) is 3.07. The summed E-state index contributed by atoms with van der Waals surface area (Å²) in [4.78, 5) is 15.0. The molecule has 1 aliphatic heterocycles. The van der Waals surface area contributed by atoms with Gasteiger partial charge in [0.1, 0.15) is 23.7 Å². The zero-order valence-electron chi connectivity index (χ0n) is 25.4. The van der Waals surface area contributed by atoms with E-state index in [1.807, 2.05) is 36.4 Å². The molecule has 0 atom stereocenters. The second kappa shape index (κ2) is 16.3. The number of aromatic nitrogens is 2. The van der Waals surface area contributed by atoms with Gasteiger partial charge in [0, 0.05) is 50.3 Å². The predicted molar refractivity (Wildman–Crippen MR) is 173 cm³/mol. The van der Waals surface area contributed by atoms with Crippen LogP contribution in [-0.4, -0.2) is 60.7 Å². The van der Waals surface area contributed by atoms with Gasteiger partial charge in [0.05, 0.1) is 23.4 Å². The normalized spacial score (nSPS) is 18.6. The molecule has 0 unspecified atom stereocenters. The molecule has 1 saturated heterocycles. The Bertz CT molecular complexity index is 1420. The van der Waals surface area contributed by atoms with Crippen molar-refractivity contribution in [2.45, 2.75) is 76.0 Å². The summed E-state index contributed by atoms with van der Waals surface area (Å²) in [6, 6.07) is 18.8. The number of unbranched alkanes of at least 4 members (excludes halogenated alkanes) is 2. The van der Waals surface area contributed by atoms with Gasteiger partial charge in [-0.1, -0.05) is 11.6 Å². The van der Waals surface area contributed by atoms with Crippen LogP contribution < -0.4 is 25.0 Å². The number of rotatable bonds is 13. The molecule has 11 heteroatoms. The van der Waals surface area contributed by atoms with Crippen molar-refractivity contribution in [1.82, 2.24) is 15.5 Å². The third-order valence-corrected chi connectivity index (χ3v) is 8.63. The van der Waals surface area contributed by atoms with Gasteiger partial charge in [-0.05, 0) is 93.5 Å². The Kier molecular flexibility index (Phi) is 11.7. The molecule has 2 fully saturated rings. The number of hydrogen-bond acceptors (Lipinski definition) is 8. The minimum Gasteiger partial charge on any atom is -0.490 e. The molecule has 1 aromatic heterocycles. The van der Waals surface area contributed by atoms with Gasteiger partial charge in [0.25, 0.3) is 5.91 Å². The van der Waals surface area contributed by atoms with Crippen LogP contribution in [-0.2, 0) is 0 Å². The van der Waals surface area contributed by atoms with Crippen LogP contribution in [0.25, 0.3) is 0 Å². The fraction of sp³-hybridized carbons (Fsp3) is 0.471. The van der Waals surface area contributed by atoms with Gasteiger partial charge in [0.15, 0.2) is 11.5 Å². The summed E-state index contributed by atoms with van der Waals surface area (Å²) in [6.07, 6.45) is 7.58. The van der Waals surface area contributed by atoms with Crippen molar-refractivity contribution >= 4 is 29.0 Å². The van der Waals surface area contributed by atoms with E-state index in [1.165, 1.54) is 0 Å². The highest BCUT2D eigenvalue weighted by Crippen LogP contribution is 2.28. The van der Waals surface area contributed by atoms with Gasteiger partial charge in [-0.2, -0.15) is 5.26 Å². The molecule has 1 saturated carbocycles. The fourth-order valence-corrected chi connectivity index (χ4v) is 5.94. The Balaban J connectivity index is 1.00. The van der Waals surface area contributed by atoms with E-state index in [2.05, 4.69) is 25.7 Å². The van der Waals surface area contributed by atoms with E-state index in [1.54, 1.807) is 24.3 Å². The minimum absolute atomic E-state index is 0.0361. The van der Waals surface area contributed by atoms with Crippen LogP contribution in [0, 0.1) is 11.3 Å². The Morgan fingerprint density at radius 3 is 2.29 bits per heavy atom. The Labute approximate surface area is 269 Å². The lowest BCUT2D eigenvalue weighted by Gasteiger charge is -2.32. The molecule has 2 aliphatic rings. The Hall–Kier alpha value is -4.10. The van der Waals surface area contributed by atoms with Gasteiger partial charge in [-0.25, -0.2) is 0 Å². The number of amides is 1. The minimum atomic E-state index is -0.246. The number of ether oxygens (including phenoxy) is 2. The van der Waals surface area contributed by atoms with E-state index in [9.17, 15) is 9.18 Å². The standard InChI is InChI=1S/C34H40ClFN6O3/c35-31-22-30(9-4-24(31)23-37)45-28-12-7-26(8-13-28)39-34(43)32-14-15-33(41-40-32)42-20-16-29(17-21-42)44-27-10-5-25(6-11-27)38-19-3-1-2-18-36/h4-6,9-11,14-15,22,26,28-29,38H,1-3,7-8,12-13,16-21H2,(H,39,43). The predicted octanol–water partition coefficient (Wildman–Crippen LogP) is 6.72. The number of carbonyl (C=O) groups is 1. The molecule has 1 aliphatic carbocycles. The smallest absolute Gasteiger partial charge is 0.272 e. The summed E-state index contributed by atoms with van der Waals surface area (Å²) in [6.45, 7) is 2.18. The molecule has 2 heterocycles. The summed E-state index contributed by atoms with van der Waals surface area (Å²) >= 11 is 6.12. The number of carbonyl (C=O) groups excluding carboxylic acids is 1. The zero-order chi connectivity index (χ0) is 31.4. The second-order valence-electron chi connectivity index (χ2n) is 11.6. The van der Waals surface area contributed by atoms with Crippen LogP contribution in [0.3, 0.4) is 0 Å². The van der Waals surface area contributed by atoms with Crippen molar-refractivity contribution in [3.8, 4) is 17.6 Å². The highest BCUT2D eigenvalue weighted by Gasteiger charge is 2.26. The second-order valence-corrected chi connectivity index (χ2v) is 12.0. The molecule has 0 spiro atoms. The molecule has 2 aromatic carbocycles. The number of benzene rings is 2. The van der Waals surface area contributed by atoms with E-state index in [0.29, 0.717) is 28.5 Å². The molecule has 238 valence electrons. The van der Waals surface area contributed by atoms with Crippen LogP contribution in [0.15, 0.2) is 54.6 Å². The number of nitrogens with zero attached hydrogens (tertiary/aromatic N) is 4. The van der Waals surface area contributed by atoms with E-state index in [4.69, 9.17) is 26.3 Å². The molecule has 0 bridgehead atoms. The number of nitrogens with one attached hydrogen (secondary N) is 2. The van der Waals surface area contributed by atoms with Crippen LogP contribution in [0.5, 0.6) is 11.5 Å². The summed E-state index contributed by atoms with van der Waals surface area (Å²) in [5.74, 6) is 2.04. The molecule has 3 aromatic rings. The van der Waals surface area contributed by atoms with Crippen molar-refractivity contribution in [3.05, 3.63) is 70.9 Å². The van der Waals surface area contributed by atoms with Gasteiger partial charge >= 0.3 is 0 Å². The van der Waals surface area contributed by atoms with Crippen molar-refractivity contribution in [2.75, 3.05) is 36.5 Å². The number of piperidine rings is 1. The lowest BCUT2D eigenvalue weighted by Crippen LogP contribution is -2.40. The molecule has 2 N–H and O–H groups in total. The SMILES string of the molecule is N#Cc1ccc(OC2CCC(NC(=O)c3ccc(N4CCC(Oc5ccc(NCCCCCF)cc5)CC4)nn3)CC2)cc1Cl. The molecule has 9 nitrogen and oxygen atoms in total. The molecule has 5 rings (SSSR count). The lowest BCUT2D eigenvalue weighted by molar-refractivity contribution is 0.0888. The van der Waals surface area contributed by atoms with Crippen molar-refractivity contribution < 1.29 is 18.7 Å². The van der Waals surface area contributed by atoms with E-state index >= 15 is 0 Å². The largest absolute Gasteiger partial charge is 0.490 e. The van der Waals surface area contributed by atoms with E-state index < -0.39 is 0 Å². The topological polar surface area (TPSA) is 112 Å². The number of alkyl halides is 1. The monoisotopic (exact) mass is 634 g/mol. The number of nitriles is 1. The van der Waals surface area contributed by atoms with Crippen LogP contribution in [0.2, 0.25) is 5.02 Å². The lowest BCUT2D eigenvalue weighted by atomic mass is 9.93. The van der Waals surface area contributed by atoms with E-state index in [-0.39, 0.29) is 30.8 Å². The fourth-order valence-electron chi connectivity index (χ4n) is 5.73. The van der Waals surface area contributed by atoms with Crippen LogP contribution >= 0.6 is 11.6 Å². The summed E-state index contributed by atoms with van der Waals surface area (Å²) in [5.41, 5.74) is 1.77. The quantitative estimate of drug-likeness (QED) is 0.199. The van der Waals surface area contributed by atoms with Gasteiger partial charge in [0.2, 0.25) is 0 Å². The first-order chi connectivity index (χ1) is 22.0.